The summed E-state index contributed by atoms with van der Waals surface area (Å²) in [5.74, 6) is 0.00207. The third kappa shape index (κ3) is 5.10. The van der Waals surface area contributed by atoms with Crippen molar-refractivity contribution in [1.82, 2.24) is 9.80 Å². The van der Waals surface area contributed by atoms with Crippen LogP contribution in [-0.4, -0.2) is 48.4 Å². The summed E-state index contributed by atoms with van der Waals surface area (Å²) in [6.07, 6.45) is 0. The molecule has 0 aliphatic carbocycles. The van der Waals surface area contributed by atoms with Gasteiger partial charge in [0, 0.05) is 36.6 Å². The van der Waals surface area contributed by atoms with E-state index in [9.17, 15) is 9.59 Å². The SMILES string of the molecule is CN1CCN(C(=O)c2ccc(NC(=O)Nc3ccccc3)cc2)[C@H](c2ccccc2)C1. The third-order valence-electron chi connectivity index (χ3n) is 5.45. The van der Waals surface area contributed by atoms with Crippen LogP contribution < -0.4 is 10.6 Å². The molecular formula is C25H26N4O2. The largest absolute Gasteiger partial charge is 0.329 e. The number of carbonyl (C=O) groups is 2. The van der Waals surface area contributed by atoms with Crippen molar-refractivity contribution in [3.63, 3.8) is 0 Å². The number of rotatable bonds is 4. The Bertz CT molecular complexity index is 1020. The lowest BCUT2D eigenvalue weighted by Crippen LogP contribution is -2.49. The van der Waals surface area contributed by atoms with Crippen LogP contribution in [0, 0.1) is 0 Å². The minimum atomic E-state index is -0.325. The third-order valence-corrected chi connectivity index (χ3v) is 5.45. The van der Waals surface area contributed by atoms with E-state index in [1.165, 1.54) is 0 Å². The zero-order chi connectivity index (χ0) is 21.6. The van der Waals surface area contributed by atoms with E-state index in [1.807, 2.05) is 53.4 Å². The van der Waals surface area contributed by atoms with Crippen LogP contribution in [0.2, 0.25) is 0 Å². The van der Waals surface area contributed by atoms with Gasteiger partial charge in [-0.25, -0.2) is 4.79 Å². The molecule has 1 heterocycles. The summed E-state index contributed by atoms with van der Waals surface area (Å²) >= 11 is 0. The van der Waals surface area contributed by atoms with Crippen LogP contribution in [0.4, 0.5) is 16.2 Å². The molecule has 2 N–H and O–H groups in total. The first-order chi connectivity index (χ1) is 15.1. The van der Waals surface area contributed by atoms with E-state index in [4.69, 9.17) is 0 Å². The number of piperazine rings is 1. The first-order valence-electron chi connectivity index (χ1n) is 10.4. The van der Waals surface area contributed by atoms with Crippen LogP contribution in [0.15, 0.2) is 84.9 Å². The number of benzene rings is 3. The summed E-state index contributed by atoms with van der Waals surface area (Å²) in [5, 5.41) is 5.57. The number of urea groups is 1. The standard InChI is InChI=1S/C25H26N4O2/c1-28-16-17-29(23(18-28)19-8-4-2-5-9-19)24(30)20-12-14-22(15-13-20)27-25(31)26-21-10-6-3-7-11-21/h2-15,23H,16-18H2,1H3,(H2,26,27,31)/t23-/m0/s1. The van der Waals surface area contributed by atoms with Gasteiger partial charge >= 0.3 is 6.03 Å². The number of nitrogens with zero attached hydrogens (tertiary/aromatic N) is 2. The van der Waals surface area contributed by atoms with E-state index < -0.39 is 0 Å². The second-order valence-electron chi connectivity index (χ2n) is 7.71. The molecule has 1 atom stereocenters. The number of carbonyl (C=O) groups excluding carboxylic acids is 2. The highest BCUT2D eigenvalue weighted by Gasteiger charge is 2.30. The molecule has 0 unspecified atom stereocenters. The van der Waals surface area contributed by atoms with E-state index in [1.54, 1.807) is 24.3 Å². The molecule has 1 saturated heterocycles. The molecule has 6 nitrogen and oxygen atoms in total. The van der Waals surface area contributed by atoms with Gasteiger partial charge in [-0.1, -0.05) is 48.5 Å². The molecule has 3 amide bonds. The first-order valence-corrected chi connectivity index (χ1v) is 10.4. The number of para-hydroxylation sites is 1. The molecule has 3 aromatic carbocycles. The maximum Gasteiger partial charge on any atom is 0.323 e. The Morgan fingerprint density at radius 2 is 1.35 bits per heavy atom. The smallest absolute Gasteiger partial charge is 0.323 e. The van der Waals surface area contributed by atoms with Crippen molar-refractivity contribution in [2.24, 2.45) is 0 Å². The van der Waals surface area contributed by atoms with Crippen molar-refractivity contribution in [3.05, 3.63) is 96.1 Å². The predicted octanol–water partition coefficient (Wildman–Crippen LogP) is 4.46. The van der Waals surface area contributed by atoms with E-state index in [0.717, 1.165) is 18.7 Å². The lowest BCUT2D eigenvalue weighted by Gasteiger charge is -2.40. The Labute approximate surface area is 182 Å². The van der Waals surface area contributed by atoms with Crippen molar-refractivity contribution >= 4 is 23.3 Å². The number of nitrogens with one attached hydrogen (secondary N) is 2. The molecule has 0 spiro atoms. The lowest BCUT2D eigenvalue weighted by atomic mass is 10.0. The Kier molecular flexibility index (Phi) is 6.29. The lowest BCUT2D eigenvalue weighted by molar-refractivity contribution is 0.0498. The molecule has 1 aliphatic heterocycles. The Balaban J connectivity index is 1.44. The van der Waals surface area contributed by atoms with Crippen LogP contribution in [-0.2, 0) is 0 Å². The summed E-state index contributed by atoms with van der Waals surface area (Å²) in [5.41, 5.74) is 3.09. The highest BCUT2D eigenvalue weighted by atomic mass is 16.2. The summed E-state index contributed by atoms with van der Waals surface area (Å²) in [6, 6.07) is 26.1. The fraction of sp³-hybridized carbons (Fsp3) is 0.200. The fourth-order valence-electron chi connectivity index (χ4n) is 3.80. The normalized spacial score (nSPS) is 16.5. The number of hydrogen-bond donors (Lipinski definition) is 2. The van der Waals surface area contributed by atoms with E-state index in [-0.39, 0.29) is 18.0 Å². The van der Waals surface area contributed by atoms with Gasteiger partial charge in [-0.05, 0) is 49.0 Å². The van der Waals surface area contributed by atoms with Gasteiger partial charge in [-0.15, -0.1) is 0 Å². The highest BCUT2D eigenvalue weighted by Crippen LogP contribution is 2.27. The van der Waals surface area contributed by atoms with Crippen molar-refractivity contribution in [3.8, 4) is 0 Å². The highest BCUT2D eigenvalue weighted by molar-refractivity contribution is 6.00. The van der Waals surface area contributed by atoms with Crippen molar-refractivity contribution in [1.29, 1.82) is 0 Å². The molecule has 0 radical (unpaired) electrons. The molecule has 0 bridgehead atoms. The maximum atomic E-state index is 13.3. The molecule has 1 aliphatic rings. The number of likely N-dealkylation sites (N-methyl/N-ethyl adjacent to an activating group) is 1. The van der Waals surface area contributed by atoms with Crippen LogP contribution in [0.25, 0.3) is 0 Å². The molecule has 3 aromatic rings. The zero-order valence-corrected chi connectivity index (χ0v) is 17.5. The topological polar surface area (TPSA) is 64.7 Å². The Morgan fingerprint density at radius 1 is 0.774 bits per heavy atom. The van der Waals surface area contributed by atoms with Gasteiger partial charge in [-0.3, -0.25) is 4.79 Å². The molecule has 31 heavy (non-hydrogen) atoms. The van der Waals surface area contributed by atoms with Crippen LogP contribution in [0.5, 0.6) is 0 Å². The van der Waals surface area contributed by atoms with Crippen LogP contribution in [0.1, 0.15) is 22.0 Å². The van der Waals surface area contributed by atoms with Crippen molar-refractivity contribution < 1.29 is 9.59 Å². The van der Waals surface area contributed by atoms with Gasteiger partial charge in [0.1, 0.15) is 0 Å². The van der Waals surface area contributed by atoms with Crippen molar-refractivity contribution in [2.45, 2.75) is 6.04 Å². The van der Waals surface area contributed by atoms with Gasteiger partial charge in [-0.2, -0.15) is 0 Å². The second-order valence-corrected chi connectivity index (χ2v) is 7.71. The van der Waals surface area contributed by atoms with E-state index >= 15 is 0 Å². The number of amides is 3. The molecule has 1 fully saturated rings. The minimum Gasteiger partial charge on any atom is -0.329 e. The molecule has 6 heteroatoms. The second kappa shape index (κ2) is 9.45. The summed E-state index contributed by atoms with van der Waals surface area (Å²) in [6.45, 7) is 2.32. The summed E-state index contributed by atoms with van der Waals surface area (Å²) in [7, 11) is 2.08. The average molecular weight is 415 g/mol. The average Bonchev–Trinajstić information content (AvgIpc) is 2.80. The van der Waals surface area contributed by atoms with Crippen LogP contribution in [0.3, 0.4) is 0 Å². The molecule has 4 rings (SSSR count). The number of hydrogen-bond acceptors (Lipinski definition) is 3. The van der Waals surface area contributed by atoms with Gasteiger partial charge < -0.3 is 20.4 Å². The molecule has 0 aromatic heterocycles. The van der Waals surface area contributed by atoms with E-state index in [2.05, 4.69) is 34.7 Å². The van der Waals surface area contributed by atoms with Gasteiger partial charge in [0.25, 0.3) is 5.91 Å². The Morgan fingerprint density at radius 3 is 2.00 bits per heavy atom. The van der Waals surface area contributed by atoms with Gasteiger partial charge in [0.2, 0.25) is 0 Å². The quantitative estimate of drug-likeness (QED) is 0.663. The maximum absolute atomic E-state index is 13.3. The molecule has 158 valence electrons. The van der Waals surface area contributed by atoms with Crippen LogP contribution >= 0.6 is 0 Å². The number of anilines is 2. The van der Waals surface area contributed by atoms with Gasteiger partial charge in [0.05, 0.1) is 6.04 Å². The van der Waals surface area contributed by atoms with Gasteiger partial charge in [0.15, 0.2) is 0 Å². The minimum absolute atomic E-state index is 0.00207. The van der Waals surface area contributed by atoms with Crippen molar-refractivity contribution in [2.75, 3.05) is 37.3 Å². The predicted molar refractivity (Wildman–Crippen MR) is 123 cm³/mol. The first kappa shape index (κ1) is 20.6. The zero-order valence-electron chi connectivity index (χ0n) is 17.5. The monoisotopic (exact) mass is 414 g/mol. The molecule has 0 saturated carbocycles. The summed E-state index contributed by atoms with van der Waals surface area (Å²) in [4.78, 5) is 29.6. The summed E-state index contributed by atoms with van der Waals surface area (Å²) < 4.78 is 0. The Hall–Kier alpha value is -3.64. The van der Waals surface area contributed by atoms with E-state index in [0.29, 0.717) is 23.5 Å². The fourth-order valence-corrected chi connectivity index (χ4v) is 3.80. The molecular weight excluding hydrogens is 388 g/mol.